The van der Waals surface area contributed by atoms with Crippen LogP contribution in [-0.4, -0.2) is 134 Å². The lowest BCUT2D eigenvalue weighted by Crippen LogP contribution is -2.46. The lowest BCUT2D eigenvalue weighted by molar-refractivity contribution is -0.141. The van der Waals surface area contributed by atoms with Gasteiger partial charge in [-0.25, -0.2) is 28.6 Å². The second-order valence-electron chi connectivity index (χ2n) is 13.7. The van der Waals surface area contributed by atoms with E-state index >= 15 is 0 Å². The minimum atomic E-state index is -5.59. The quantitative estimate of drug-likeness (QED) is 0.0509. The predicted octanol–water partition coefficient (Wildman–Crippen LogP) is -0.834. The van der Waals surface area contributed by atoms with Gasteiger partial charge in [0.05, 0.1) is 26.0 Å². The standard InChI is InChI=1S/C27H44N7O19P3S/c1-26(2,9-16(36)37)25(41)57-8-7-29-15(35)5-6-30-23(40)20(39)27(3,4)11-50-56(47,48)53-55(45,46)49-10-14-19(52-54(42,43)44)18(38)24(51-14)34-13-33-17-21(28)31-12-32-22(17)34/h12-14,18-20,24,38-39H,5-11H2,1-4H3,(H,29,35)(H,30,40)(H,36,37)(H,45,46)(H,47,48)(H2,28,31,32)(H2,42,43,44)/t14-,18-,19-,20+,24-/m1/s1. The minimum absolute atomic E-state index is 0.0191. The number of aliphatic carboxylic acids is 1. The molecule has 57 heavy (non-hydrogen) atoms. The fourth-order valence-corrected chi connectivity index (χ4v) is 8.60. The number of carbonyl (C=O) groups is 4. The average molecular weight is 896 g/mol. The minimum Gasteiger partial charge on any atom is -0.481 e. The lowest BCUT2D eigenvalue weighted by Gasteiger charge is -2.30. The molecule has 2 aromatic rings. The van der Waals surface area contributed by atoms with Crippen LogP contribution in [-0.2, 0) is 55.5 Å². The number of imidazole rings is 1. The number of aliphatic hydroxyl groups excluding tert-OH is 2. The number of hydrogen-bond donors (Lipinski definition) is 10. The molecular formula is C27H44N7O19P3S. The van der Waals surface area contributed by atoms with E-state index in [0.29, 0.717) is 0 Å². The Morgan fingerprint density at radius 3 is 2.30 bits per heavy atom. The van der Waals surface area contributed by atoms with Gasteiger partial charge in [-0.1, -0.05) is 39.5 Å². The molecule has 2 aromatic heterocycles. The maximum Gasteiger partial charge on any atom is 0.481 e. The van der Waals surface area contributed by atoms with E-state index in [2.05, 4.69) is 34.4 Å². The van der Waals surface area contributed by atoms with E-state index in [-0.39, 0.29) is 53.8 Å². The highest BCUT2D eigenvalue weighted by molar-refractivity contribution is 8.13. The zero-order valence-electron chi connectivity index (χ0n) is 30.6. The van der Waals surface area contributed by atoms with Crippen LogP contribution in [0.4, 0.5) is 5.82 Å². The summed E-state index contributed by atoms with van der Waals surface area (Å²) >= 11 is 0.856. The van der Waals surface area contributed by atoms with Crippen molar-refractivity contribution in [2.45, 2.75) is 71.2 Å². The summed E-state index contributed by atoms with van der Waals surface area (Å²) in [5.74, 6) is -2.56. The number of ether oxygens (including phenoxy) is 1. The summed E-state index contributed by atoms with van der Waals surface area (Å²) < 4.78 is 62.0. The van der Waals surface area contributed by atoms with Crippen molar-refractivity contribution in [1.82, 2.24) is 30.2 Å². The van der Waals surface area contributed by atoms with Gasteiger partial charge in [0.2, 0.25) is 11.8 Å². The van der Waals surface area contributed by atoms with E-state index in [0.717, 1.165) is 29.0 Å². The second-order valence-corrected chi connectivity index (χ2v) is 19.0. The van der Waals surface area contributed by atoms with Crippen molar-refractivity contribution >= 4 is 75.1 Å². The third-order valence-electron chi connectivity index (χ3n) is 7.88. The number of carboxylic acids is 1. The summed E-state index contributed by atoms with van der Waals surface area (Å²) in [7, 11) is -16.5. The summed E-state index contributed by atoms with van der Waals surface area (Å²) in [6, 6.07) is 0. The number of thioether (sulfide) groups is 1. The largest absolute Gasteiger partial charge is 0.481 e. The fourth-order valence-electron chi connectivity index (χ4n) is 4.92. The molecule has 322 valence electrons. The monoisotopic (exact) mass is 895 g/mol. The molecule has 0 aromatic carbocycles. The number of phosphoric acid groups is 3. The van der Waals surface area contributed by atoms with Crippen LogP contribution in [0.3, 0.4) is 0 Å². The predicted molar refractivity (Wildman–Crippen MR) is 193 cm³/mol. The Morgan fingerprint density at radius 1 is 1.02 bits per heavy atom. The number of fused-ring (bicyclic) bond motifs is 1. The first-order valence-electron chi connectivity index (χ1n) is 16.4. The van der Waals surface area contributed by atoms with E-state index in [9.17, 15) is 62.7 Å². The molecule has 11 N–H and O–H groups in total. The van der Waals surface area contributed by atoms with Crippen molar-refractivity contribution in [2.75, 3.05) is 37.8 Å². The molecule has 0 spiro atoms. The Labute approximate surface area is 327 Å². The molecule has 3 heterocycles. The Bertz CT molecular complexity index is 1930. The molecule has 2 unspecified atom stereocenters. The molecule has 7 atom stereocenters. The van der Waals surface area contributed by atoms with Gasteiger partial charge in [0.25, 0.3) is 0 Å². The number of aromatic nitrogens is 4. The number of anilines is 1. The lowest BCUT2D eigenvalue weighted by atomic mass is 9.87. The topological polar surface area (TPSA) is 401 Å². The number of nitrogens with two attached hydrogens (primary N) is 1. The number of amides is 2. The van der Waals surface area contributed by atoms with Gasteiger partial charge in [-0.05, 0) is 0 Å². The number of phosphoric ester groups is 3. The van der Waals surface area contributed by atoms with Crippen molar-refractivity contribution in [3.05, 3.63) is 12.7 Å². The summed E-state index contributed by atoms with van der Waals surface area (Å²) in [6.07, 6.45) is -7.46. The van der Waals surface area contributed by atoms with Crippen LogP contribution >= 0.6 is 35.2 Å². The smallest absolute Gasteiger partial charge is 0.481 e. The van der Waals surface area contributed by atoms with Crippen molar-refractivity contribution < 1.29 is 90.4 Å². The van der Waals surface area contributed by atoms with Crippen LogP contribution in [0.25, 0.3) is 11.2 Å². The van der Waals surface area contributed by atoms with Gasteiger partial charge >= 0.3 is 29.4 Å². The van der Waals surface area contributed by atoms with Crippen molar-refractivity contribution in [1.29, 1.82) is 0 Å². The maximum absolute atomic E-state index is 12.7. The number of carboxylic acid groups (broad SMARTS) is 1. The number of nitrogens with one attached hydrogen (secondary N) is 2. The van der Waals surface area contributed by atoms with Gasteiger partial charge < -0.3 is 56.0 Å². The van der Waals surface area contributed by atoms with Crippen LogP contribution in [0.5, 0.6) is 0 Å². The highest BCUT2D eigenvalue weighted by atomic mass is 32.2. The van der Waals surface area contributed by atoms with Crippen LogP contribution in [0, 0.1) is 10.8 Å². The van der Waals surface area contributed by atoms with Crippen molar-refractivity contribution in [2.24, 2.45) is 10.8 Å². The Kier molecular flexibility index (Phi) is 16.5. The Hall–Kier alpha value is -2.97. The normalized spacial score (nSPS) is 21.7. The molecule has 1 aliphatic heterocycles. The summed E-state index contributed by atoms with van der Waals surface area (Å²) in [4.78, 5) is 98.7. The molecule has 26 nitrogen and oxygen atoms in total. The first kappa shape index (κ1) is 48.4. The maximum atomic E-state index is 12.7. The van der Waals surface area contributed by atoms with Crippen LogP contribution < -0.4 is 16.4 Å². The third-order valence-corrected chi connectivity index (χ3v) is 12.2. The molecule has 1 fully saturated rings. The SMILES string of the molecule is CC(C)(CC(=O)O)C(=O)SCCNC(=O)CCNC(=O)[C@H](O)C(C)(C)COP(=O)(O)OP(=O)(O)OC[C@H]1O[C@@H](n2cnc3c(N)ncnc32)[C@H](O)[C@@H]1OP(=O)(O)O. The zero-order chi connectivity index (χ0) is 43.1. The van der Waals surface area contributed by atoms with Crippen LogP contribution in [0.2, 0.25) is 0 Å². The summed E-state index contributed by atoms with van der Waals surface area (Å²) in [5.41, 5.74) is 3.09. The Balaban J connectivity index is 1.49. The highest BCUT2D eigenvalue weighted by Crippen LogP contribution is 2.61. The third kappa shape index (κ3) is 14.4. The van der Waals surface area contributed by atoms with E-state index in [1.165, 1.54) is 27.7 Å². The molecule has 30 heteroatoms. The number of hydrogen-bond acceptors (Lipinski definition) is 19. The van der Waals surface area contributed by atoms with Gasteiger partial charge in [0.15, 0.2) is 22.8 Å². The van der Waals surface area contributed by atoms with E-state index in [1.54, 1.807) is 0 Å². The van der Waals surface area contributed by atoms with Crippen molar-refractivity contribution in [3.8, 4) is 0 Å². The Morgan fingerprint density at radius 2 is 1.67 bits per heavy atom. The molecule has 0 saturated carbocycles. The van der Waals surface area contributed by atoms with Gasteiger partial charge in [0.1, 0.15) is 36.3 Å². The average Bonchev–Trinajstić information content (AvgIpc) is 3.63. The van der Waals surface area contributed by atoms with E-state index in [4.69, 9.17) is 24.6 Å². The molecule has 1 aliphatic rings. The molecular weight excluding hydrogens is 851 g/mol. The molecule has 0 radical (unpaired) electrons. The van der Waals surface area contributed by atoms with E-state index in [1.807, 2.05) is 0 Å². The first-order valence-corrected chi connectivity index (χ1v) is 21.9. The summed E-state index contributed by atoms with van der Waals surface area (Å²) in [6.45, 7) is 3.17. The van der Waals surface area contributed by atoms with Crippen molar-refractivity contribution in [3.63, 3.8) is 0 Å². The van der Waals surface area contributed by atoms with Crippen LogP contribution in [0.15, 0.2) is 12.7 Å². The van der Waals surface area contributed by atoms with Gasteiger partial charge in [0, 0.05) is 36.1 Å². The van der Waals surface area contributed by atoms with Gasteiger partial charge in [-0.3, -0.25) is 37.3 Å². The highest BCUT2D eigenvalue weighted by Gasteiger charge is 2.50. The number of nitrogens with zero attached hydrogens (tertiary/aromatic N) is 4. The summed E-state index contributed by atoms with van der Waals surface area (Å²) in [5, 5.41) is 34.8. The first-order chi connectivity index (χ1) is 26.1. The number of nitrogen functional groups attached to an aromatic ring is 1. The molecule has 1 saturated heterocycles. The van der Waals surface area contributed by atoms with Crippen LogP contribution in [0.1, 0.15) is 46.8 Å². The molecule has 0 aliphatic carbocycles. The molecule has 3 rings (SSSR count). The van der Waals surface area contributed by atoms with Gasteiger partial charge in [-0.2, -0.15) is 4.31 Å². The van der Waals surface area contributed by atoms with E-state index < -0.39 is 95.9 Å². The fraction of sp³-hybridized carbons (Fsp3) is 0.667. The number of carbonyl (C=O) groups excluding carboxylic acids is 3. The van der Waals surface area contributed by atoms with Gasteiger partial charge in [-0.15, -0.1) is 0 Å². The number of aliphatic hydroxyl groups is 2. The molecule has 0 bridgehead atoms. The second kappa shape index (κ2) is 19.4. The number of rotatable bonds is 22. The zero-order valence-corrected chi connectivity index (χ0v) is 34.1. The molecule has 2 amide bonds.